The predicted octanol–water partition coefficient (Wildman–Crippen LogP) is 10.9. The van der Waals surface area contributed by atoms with Crippen molar-refractivity contribution in [1.82, 2.24) is 0 Å². The zero-order chi connectivity index (χ0) is 34.9. The second-order valence-electron chi connectivity index (χ2n) is 17.1. The first kappa shape index (κ1) is 32.2. The van der Waals surface area contributed by atoms with Crippen molar-refractivity contribution in [3.05, 3.63) is 130 Å². The molecular formula is C46H45BINO. The summed E-state index contributed by atoms with van der Waals surface area (Å²) in [6, 6.07) is 34.7. The standard InChI is InChI=1S/C46H45BINO/c1-27-20-31-22-34-33-25-36-35(45(6,7)18-19-46(36,8)48)26-41(33)50-43(34)47-37-24-32(44(3,4)5)16-17-38(37)49(40(21-27)42(31)47)39-23-30(15-14-28(39)2)29-12-10-9-11-13-29/h9-17,20-21,23-26H,18-19,22H2,1-8H3. The van der Waals surface area contributed by atoms with Crippen LogP contribution in [0.1, 0.15) is 93.3 Å². The van der Waals surface area contributed by atoms with Crippen molar-refractivity contribution in [2.45, 2.75) is 88.9 Å². The summed E-state index contributed by atoms with van der Waals surface area (Å²) in [6.45, 7) is 18.8. The molecule has 50 heavy (non-hydrogen) atoms. The van der Waals surface area contributed by atoms with Gasteiger partial charge in [-0.3, -0.25) is 0 Å². The van der Waals surface area contributed by atoms with Crippen LogP contribution in [0.5, 0.6) is 0 Å². The lowest BCUT2D eigenvalue weighted by atomic mass is 9.34. The van der Waals surface area contributed by atoms with Crippen molar-refractivity contribution >= 4 is 73.9 Å². The van der Waals surface area contributed by atoms with Gasteiger partial charge in [0.25, 0.3) is 6.71 Å². The maximum Gasteiger partial charge on any atom is 0.292 e. The van der Waals surface area contributed by atoms with Crippen LogP contribution in [-0.4, -0.2) is 6.71 Å². The molecule has 0 radical (unpaired) electrons. The highest BCUT2D eigenvalue weighted by Crippen LogP contribution is 2.51. The summed E-state index contributed by atoms with van der Waals surface area (Å²) in [7, 11) is 0. The normalized spacial score (nSPS) is 18.8. The molecule has 0 fully saturated rings. The van der Waals surface area contributed by atoms with Crippen LogP contribution in [0.4, 0.5) is 17.1 Å². The SMILES string of the molecule is Cc1cc2c3c(c1)N(c1cc(-c4ccccc4)ccc1C)c1ccc(C(C)(C)C)cc1B3c1oc3cc4c(cc3c1C2)C(C)(I)CCC4(C)C. The summed E-state index contributed by atoms with van der Waals surface area (Å²) in [5, 5.41) is 1.30. The van der Waals surface area contributed by atoms with Crippen molar-refractivity contribution in [2.75, 3.05) is 4.90 Å². The van der Waals surface area contributed by atoms with E-state index in [0.717, 1.165) is 17.7 Å². The lowest BCUT2D eigenvalue weighted by molar-refractivity contribution is 0.394. The number of benzene rings is 5. The Hall–Kier alpha value is -3.77. The van der Waals surface area contributed by atoms with E-state index >= 15 is 0 Å². The number of aryl methyl sites for hydroxylation is 2. The maximum absolute atomic E-state index is 7.20. The molecule has 4 heteroatoms. The van der Waals surface area contributed by atoms with Gasteiger partial charge in [0.05, 0.1) is 5.66 Å². The molecule has 1 atom stereocenters. The van der Waals surface area contributed by atoms with Crippen molar-refractivity contribution in [3.63, 3.8) is 0 Å². The summed E-state index contributed by atoms with van der Waals surface area (Å²) in [5.41, 5.74) is 20.9. The smallest absolute Gasteiger partial charge is 0.292 e. The van der Waals surface area contributed by atoms with Crippen molar-refractivity contribution in [3.8, 4) is 11.1 Å². The molecule has 0 spiro atoms. The van der Waals surface area contributed by atoms with Gasteiger partial charge in [-0.2, -0.15) is 0 Å². The molecule has 1 aliphatic carbocycles. The molecule has 0 saturated carbocycles. The summed E-state index contributed by atoms with van der Waals surface area (Å²) >= 11 is 2.71. The molecule has 250 valence electrons. The zero-order valence-corrected chi connectivity index (χ0v) is 32.7. The van der Waals surface area contributed by atoms with E-state index in [4.69, 9.17) is 4.42 Å². The average molecular weight is 766 g/mol. The lowest BCUT2D eigenvalue weighted by Crippen LogP contribution is -2.61. The van der Waals surface area contributed by atoms with Crippen molar-refractivity contribution < 1.29 is 4.42 Å². The highest BCUT2D eigenvalue weighted by atomic mass is 127. The molecule has 0 saturated heterocycles. The van der Waals surface area contributed by atoms with Crippen LogP contribution in [0.3, 0.4) is 0 Å². The Labute approximate surface area is 311 Å². The number of fused-ring (bicyclic) bond motifs is 7. The van der Waals surface area contributed by atoms with Gasteiger partial charge >= 0.3 is 0 Å². The number of hydrogen-bond acceptors (Lipinski definition) is 2. The zero-order valence-electron chi connectivity index (χ0n) is 30.6. The molecule has 3 heterocycles. The average Bonchev–Trinajstić information content (AvgIpc) is 3.44. The first-order chi connectivity index (χ1) is 23.7. The second kappa shape index (κ2) is 10.9. The lowest BCUT2D eigenvalue weighted by Gasteiger charge is -2.41. The highest BCUT2D eigenvalue weighted by Gasteiger charge is 2.45. The minimum Gasteiger partial charge on any atom is -0.470 e. The minimum absolute atomic E-state index is 0.0140. The molecule has 6 aromatic rings. The number of anilines is 3. The van der Waals surface area contributed by atoms with Gasteiger partial charge in [0.2, 0.25) is 0 Å². The molecule has 0 N–H and O–H groups in total. The summed E-state index contributed by atoms with van der Waals surface area (Å²) in [6.07, 6.45) is 3.26. The van der Waals surface area contributed by atoms with Gasteiger partial charge in [-0.25, -0.2) is 0 Å². The highest BCUT2D eigenvalue weighted by molar-refractivity contribution is 14.1. The fraction of sp³-hybridized carbons (Fsp3) is 0.304. The van der Waals surface area contributed by atoms with Gasteiger partial charge in [0, 0.05) is 32.3 Å². The number of furan rings is 1. The Morgan fingerprint density at radius 2 is 1.54 bits per heavy atom. The summed E-state index contributed by atoms with van der Waals surface area (Å²) < 4.78 is 7.31. The molecule has 1 unspecified atom stereocenters. The minimum atomic E-state index is 0.0140. The fourth-order valence-corrected chi connectivity index (χ4v) is 9.79. The third kappa shape index (κ3) is 4.80. The van der Waals surface area contributed by atoms with Gasteiger partial charge in [-0.1, -0.05) is 118 Å². The Bertz CT molecular complexity index is 2370. The maximum atomic E-state index is 7.20. The van der Waals surface area contributed by atoms with E-state index in [1.54, 1.807) is 0 Å². The molecule has 0 amide bonds. The van der Waals surface area contributed by atoms with Gasteiger partial charge in [0.1, 0.15) is 5.58 Å². The Balaban J connectivity index is 1.33. The monoisotopic (exact) mass is 765 g/mol. The van der Waals surface area contributed by atoms with Gasteiger partial charge in [-0.15, -0.1) is 0 Å². The number of rotatable bonds is 2. The van der Waals surface area contributed by atoms with E-state index in [1.807, 2.05) is 0 Å². The van der Waals surface area contributed by atoms with Crippen molar-refractivity contribution in [2.24, 2.45) is 0 Å². The number of alkyl halides is 1. The van der Waals surface area contributed by atoms with E-state index in [0.29, 0.717) is 0 Å². The fourth-order valence-electron chi connectivity index (χ4n) is 9.08. The molecule has 2 nitrogen and oxygen atoms in total. The van der Waals surface area contributed by atoms with Crippen LogP contribution in [0.2, 0.25) is 0 Å². The molecule has 5 aromatic carbocycles. The first-order valence-corrected chi connectivity index (χ1v) is 19.3. The molecule has 1 aromatic heterocycles. The molecular weight excluding hydrogens is 720 g/mol. The van der Waals surface area contributed by atoms with E-state index < -0.39 is 0 Å². The van der Waals surface area contributed by atoms with Crippen molar-refractivity contribution in [1.29, 1.82) is 0 Å². The van der Waals surface area contributed by atoms with E-state index in [-0.39, 0.29) is 21.0 Å². The van der Waals surface area contributed by atoms with E-state index in [9.17, 15) is 0 Å². The van der Waals surface area contributed by atoms with Crippen LogP contribution >= 0.6 is 22.6 Å². The Morgan fingerprint density at radius 3 is 2.30 bits per heavy atom. The topological polar surface area (TPSA) is 16.4 Å². The van der Waals surface area contributed by atoms with E-state index in [1.165, 1.54) is 96.3 Å². The Morgan fingerprint density at radius 1 is 0.760 bits per heavy atom. The Kier molecular flexibility index (Phi) is 6.99. The van der Waals surface area contributed by atoms with Gasteiger partial charge in [-0.05, 0) is 136 Å². The van der Waals surface area contributed by atoms with Gasteiger partial charge < -0.3 is 9.32 Å². The number of hydrogen-bond donors (Lipinski definition) is 0. The van der Waals surface area contributed by atoms with Crippen LogP contribution in [0.15, 0.2) is 95.4 Å². The molecule has 0 bridgehead atoms. The van der Waals surface area contributed by atoms with Crippen LogP contribution < -0.4 is 21.5 Å². The van der Waals surface area contributed by atoms with Crippen LogP contribution in [-0.2, 0) is 20.7 Å². The third-order valence-electron chi connectivity index (χ3n) is 12.0. The molecule has 2 aliphatic heterocycles. The molecule has 3 aliphatic rings. The van der Waals surface area contributed by atoms with Crippen LogP contribution in [0, 0.1) is 13.8 Å². The van der Waals surface area contributed by atoms with Crippen LogP contribution in [0.25, 0.3) is 22.1 Å². The van der Waals surface area contributed by atoms with E-state index in [2.05, 4.69) is 174 Å². The third-order valence-corrected chi connectivity index (χ3v) is 13.1. The summed E-state index contributed by atoms with van der Waals surface area (Å²) in [4.78, 5) is 2.56. The first-order valence-electron chi connectivity index (χ1n) is 18.2. The quantitative estimate of drug-likeness (QED) is 0.0990. The number of halogens is 1. The number of nitrogens with zero attached hydrogens (tertiary/aromatic N) is 1. The predicted molar refractivity (Wildman–Crippen MR) is 222 cm³/mol. The largest absolute Gasteiger partial charge is 0.470 e. The summed E-state index contributed by atoms with van der Waals surface area (Å²) in [5.74, 6) is 0. The molecule has 9 rings (SSSR count). The van der Waals surface area contributed by atoms with Gasteiger partial charge in [0.15, 0.2) is 0 Å². The second-order valence-corrected chi connectivity index (χ2v) is 19.5.